The number of carbonyl (C=O) groups is 1. The van der Waals surface area contributed by atoms with Crippen molar-refractivity contribution in [1.29, 1.82) is 0 Å². The van der Waals surface area contributed by atoms with Crippen LogP contribution in [0.5, 0.6) is 0 Å². The Kier molecular flexibility index (Phi) is 18.7. The van der Waals surface area contributed by atoms with Crippen LogP contribution in [0.4, 0.5) is 0 Å². The summed E-state index contributed by atoms with van der Waals surface area (Å²) in [5.74, 6) is -0.160. The SMILES string of the molecule is CCCCCCCCCC[C@H](O)[C@H]1CC[C@H]([C@H]2CC[C@H]([C@H](O)CCCC/C(CCCCCCCC3=C[C@H](C)OC3=O)=N\O)O2)O1. The van der Waals surface area contributed by atoms with E-state index in [1.807, 2.05) is 13.0 Å². The molecule has 3 aliphatic heterocycles. The Morgan fingerprint density at radius 2 is 1.24 bits per heavy atom. The minimum Gasteiger partial charge on any atom is -0.455 e. The highest BCUT2D eigenvalue weighted by Gasteiger charge is 2.40. The van der Waals surface area contributed by atoms with Crippen molar-refractivity contribution in [1.82, 2.24) is 0 Å². The van der Waals surface area contributed by atoms with E-state index >= 15 is 0 Å². The molecule has 3 rings (SSSR count). The fourth-order valence-corrected chi connectivity index (χ4v) is 7.25. The van der Waals surface area contributed by atoms with E-state index in [1.54, 1.807) is 0 Å². The summed E-state index contributed by atoms with van der Waals surface area (Å²) in [6.45, 7) is 4.14. The van der Waals surface area contributed by atoms with E-state index in [-0.39, 0.29) is 42.6 Å². The summed E-state index contributed by atoms with van der Waals surface area (Å²) in [6, 6.07) is 0. The molecule has 3 aliphatic rings. The van der Waals surface area contributed by atoms with Crippen LogP contribution in [0.2, 0.25) is 0 Å². The first-order valence-corrected chi connectivity index (χ1v) is 18.7. The largest absolute Gasteiger partial charge is 0.455 e. The van der Waals surface area contributed by atoms with Crippen molar-refractivity contribution in [2.75, 3.05) is 0 Å². The van der Waals surface area contributed by atoms with E-state index in [0.29, 0.717) is 6.42 Å². The van der Waals surface area contributed by atoms with Gasteiger partial charge >= 0.3 is 5.97 Å². The molecule has 0 aromatic carbocycles. The quantitative estimate of drug-likeness (QED) is 0.0303. The molecule has 0 radical (unpaired) electrons. The van der Waals surface area contributed by atoms with Gasteiger partial charge in [0.15, 0.2) is 0 Å². The first-order chi connectivity index (χ1) is 21.9. The first kappa shape index (κ1) is 38.0. The average molecular weight is 636 g/mol. The average Bonchev–Trinajstić information content (AvgIpc) is 3.79. The van der Waals surface area contributed by atoms with Crippen LogP contribution in [0.1, 0.15) is 168 Å². The minimum absolute atomic E-state index is 0.0121. The second-order valence-corrected chi connectivity index (χ2v) is 14.0. The lowest BCUT2D eigenvalue weighted by molar-refractivity contribution is -0.139. The number of nitrogens with zero attached hydrogens (tertiary/aromatic N) is 1. The van der Waals surface area contributed by atoms with E-state index in [4.69, 9.17) is 14.2 Å². The molecule has 3 heterocycles. The van der Waals surface area contributed by atoms with Gasteiger partial charge in [-0.15, -0.1) is 0 Å². The van der Waals surface area contributed by atoms with Crippen molar-refractivity contribution in [2.45, 2.75) is 211 Å². The summed E-state index contributed by atoms with van der Waals surface area (Å²) in [4.78, 5) is 11.7. The molecule has 0 aromatic rings. The molecule has 0 amide bonds. The third kappa shape index (κ3) is 14.4. The number of rotatable bonds is 25. The molecule has 0 unspecified atom stereocenters. The molecule has 8 nitrogen and oxygen atoms in total. The molecule has 3 N–H and O–H groups in total. The minimum atomic E-state index is -0.487. The highest BCUT2D eigenvalue weighted by Crippen LogP contribution is 2.34. The molecule has 7 atom stereocenters. The van der Waals surface area contributed by atoms with Crippen LogP contribution in [0.3, 0.4) is 0 Å². The lowest BCUT2D eigenvalue weighted by Gasteiger charge is -2.24. The molecular weight excluding hydrogens is 570 g/mol. The molecule has 0 bridgehead atoms. The van der Waals surface area contributed by atoms with E-state index in [2.05, 4.69) is 12.1 Å². The predicted molar refractivity (Wildman–Crippen MR) is 179 cm³/mol. The van der Waals surface area contributed by atoms with Crippen LogP contribution in [-0.4, -0.2) is 69.8 Å². The molecule has 8 heteroatoms. The van der Waals surface area contributed by atoms with Crippen LogP contribution >= 0.6 is 0 Å². The Morgan fingerprint density at radius 1 is 0.756 bits per heavy atom. The Hall–Kier alpha value is -1.48. The van der Waals surface area contributed by atoms with Gasteiger partial charge in [-0.2, -0.15) is 0 Å². The number of esters is 1. The number of aliphatic hydroxyl groups is 2. The highest BCUT2D eigenvalue weighted by molar-refractivity contribution is 5.90. The molecular formula is C37H65NO7. The van der Waals surface area contributed by atoms with Gasteiger partial charge in [-0.05, 0) is 90.0 Å². The monoisotopic (exact) mass is 635 g/mol. The van der Waals surface area contributed by atoms with Crippen LogP contribution in [0.15, 0.2) is 16.8 Å². The predicted octanol–water partition coefficient (Wildman–Crippen LogP) is 8.33. The zero-order chi connectivity index (χ0) is 32.3. The maximum absolute atomic E-state index is 11.7. The molecule has 260 valence electrons. The Labute approximate surface area is 273 Å². The number of aliphatic hydroxyl groups excluding tert-OH is 2. The number of hydrogen-bond donors (Lipinski definition) is 3. The van der Waals surface area contributed by atoms with Crippen molar-refractivity contribution < 1.29 is 34.4 Å². The van der Waals surface area contributed by atoms with E-state index < -0.39 is 6.10 Å². The second-order valence-electron chi connectivity index (χ2n) is 14.0. The summed E-state index contributed by atoms with van der Waals surface area (Å²) in [7, 11) is 0. The summed E-state index contributed by atoms with van der Waals surface area (Å²) in [6.07, 6.45) is 25.4. The maximum Gasteiger partial charge on any atom is 0.334 e. The topological polar surface area (TPSA) is 118 Å². The van der Waals surface area contributed by atoms with Crippen molar-refractivity contribution in [3.8, 4) is 0 Å². The van der Waals surface area contributed by atoms with Gasteiger partial charge in [-0.3, -0.25) is 0 Å². The second kappa shape index (κ2) is 22.2. The van der Waals surface area contributed by atoms with E-state index in [0.717, 1.165) is 114 Å². The smallest absolute Gasteiger partial charge is 0.334 e. The molecule has 2 saturated heterocycles. The fraction of sp³-hybridized carbons (Fsp3) is 0.892. The zero-order valence-corrected chi connectivity index (χ0v) is 28.5. The first-order valence-electron chi connectivity index (χ1n) is 18.7. The molecule has 2 fully saturated rings. The lowest BCUT2D eigenvalue weighted by Crippen LogP contribution is -2.33. The molecule has 0 aliphatic carbocycles. The number of cyclic esters (lactones) is 1. The number of carbonyl (C=O) groups excluding carboxylic acids is 1. The summed E-state index contributed by atoms with van der Waals surface area (Å²) in [5, 5.41) is 34.5. The highest BCUT2D eigenvalue weighted by atomic mass is 16.6. The lowest BCUT2D eigenvalue weighted by atomic mass is 9.99. The van der Waals surface area contributed by atoms with E-state index in [1.165, 1.54) is 44.9 Å². The molecule has 0 spiro atoms. The van der Waals surface area contributed by atoms with Gasteiger partial charge in [0.05, 0.1) is 42.3 Å². The normalized spacial score (nSPS) is 26.8. The van der Waals surface area contributed by atoms with Crippen molar-refractivity contribution in [3.05, 3.63) is 11.6 Å². The third-order valence-electron chi connectivity index (χ3n) is 10.1. The van der Waals surface area contributed by atoms with Gasteiger partial charge in [-0.25, -0.2) is 4.79 Å². The Bertz CT molecular complexity index is 877. The molecule has 45 heavy (non-hydrogen) atoms. The third-order valence-corrected chi connectivity index (χ3v) is 10.1. The Balaban J connectivity index is 1.17. The number of ether oxygens (including phenoxy) is 3. The van der Waals surface area contributed by atoms with Gasteiger partial charge in [0, 0.05) is 5.57 Å². The van der Waals surface area contributed by atoms with Crippen LogP contribution in [-0.2, 0) is 19.0 Å². The molecule has 0 aromatic heterocycles. The van der Waals surface area contributed by atoms with Crippen molar-refractivity contribution in [2.24, 2.45) is 5.16 Å². The van der Waals surface area contributed by atoms with Gasteiger partial charge in [-0.1, -0.05) is 89.1 Å². The van der Waals surface area contributed by atoms with Gasteiger partial charge in [0.1, 0.15) is 6.10 Å². The standard InChI is InChI=1S/C37H65NO7/c1-3-4-5-6-7-8-12-15-21-31(39)33-23-25-35(44-33)36-26-24-34(45-36)32(40)22-17-16-20-30(38-42)19-14-11-9-10-13-18-29-27-28(2)43-37(29)41/h27-28,31-36,39-40,42H,3-26H2,1-2H3/b38-30-/t28-,31-,32+,33+,34+,35+,36+/m0/s1. The number of oxime groups is 1. The van der Waals surface area contributed by atoms with Crippen molar-refractivity contribution in [3.63, 3.8) is 0 Å². The van der Waals surface area contributed by atoms with Crippen LogP contribution < -0.4 is 0 Å². The Morgan fingerprint density at radius 3 is 1.78 bits per heavy atom. The van der Waals surface area contributed by atoms with Gasteiger partial charge in [0.2, 0.25) is 0 Å². The molecule has 0 saturated carbocycles. The number of unbranched alkanes of at least 4 members (excludes halogenated alkanes) is 12. The zero-order valence-electron chi connectivity index (χ0n) is 28.5. The van der Waals surface area contributed by atoms with Crippen LogP contribution in [0.25, 0.3) is 0 Å². The fourth-order valence-electron chi connectivity index (χ4n) is 7.25. The summed E-state index contributed by atoms with van der Waals surface area (Å²) >= 11 is 0. The van der Waals surface area contributed by atoms with Crippen LogP contribution in [0, 0.1) is 0 Å². The summed E-state index contributed by atoms with van der Waals surface area (Å²) in [5.41, 5.74) is 1.66. The van der Waals surface area contributed by atoms with Crippen molar-refractivity contribution >= 4 is 11.7 Å². The van der Waals surface area contributed by atoms with Gasteiger partial charge < -0.3 is 29.6 Å². The van der Waals surface area contributed by atoms with Gasteiger partial charge in [0.25, 0.3) is 0 Å². The maximum atomic E-state index is 11.7. The number of hydrogen-bond acceptors (Lipinski definition) is 8. The van der Waals surface area contributed by atoms with E-state index in [9.17, 15) is 20.2 Å². The summed E-state index contributed by atoms with van der Waals surface area (Å²) < 4.78 is 17.7.